The molecule has 1 aliphatic rings. The Morgan fingerprint density at radius 2 is 1.69 bits per heavy atom. The topological polar surface area (TPSA) is 33.1 Å². The Labute approximate surface area is 209 Å². The fourth-order valence-corrected chi connectivity index (χ4v) is 4.85. The molecule has 1 N–H and O–H groups in total. The molecule has 4 aromatic rings. The van der Waals surface area contributed by atoms with Gasteiger partial charge in [-0.2, -0.15) is 0 Å². The first kappa shape index (κ1) is 21.5. The molecule has 0 fully saturated rings. The first-order valence-electron chi connectivity index (χ1n) is 9.84. The maximum atomic E-state index is 6.48. The van der Waals surface area contributed by atoms with Gasteiger partial charge in [-0.15, -0.1) is 0 Å². The average molecular weight is 544 g/mol. The Kier molecular flexibility index (Phi) is 6.20. The molecule has 1 aromatic heterocycles. The van der Waals surface area contributed by atoms with Gasteiger partial charge in [0.25, 0.3) is 0 Å². The maximum Gasteiger partial charge on any atom is 0.118 e. The van der Waals surface area contributed by atoms with Crippen LogP contribution in [-0.4, -0.2) is 9.55 Å². The summed E-state index contributed by atoms with van der Waals surface area (Å²) in [6, 6.07) is 22.2. The Balaban J connectivity index is 1.55. The van der Waals surface area contributed by atoms with E-state index in [0.717, 1.165) is 32.9 Å². The van der Waals surface area contributed by atoms with Crippen molar-refractivity contribution < 1.29 is 0 Å². The summed E-state index contributed by atoms with van der Waals surface area (Å²) in [5.41, 5.74) is 4.97. The standard InChI is InChI=1S/C24H17BrCl2N4S/c25-17-3-1-16(2-4-17)13-24-29-23(21-10-5-18(26)14-22(21)27)15-30(24)19-6-8-20(9-7-19)31-12-11-28-32-31/h1-12,14-15,28H,13H2. The van der Waals surface area contributed by atoms with E-state index in [0.29, 0.717) is 16.5 Å². The van der Waals surface area contributed by atoms with Gasteiger partial charge in [-0.3, -0.25) is 4.31 Å². The van der Waals surface area contributed by atoms with Crippen LogP contribution in [0.15, 0.2) is 89.8 Å². The van der Waals surface area contributed by atoms with Crippen LogP contribution < -0.4 is 9.03 Å². The van der Waals surface area contributed by atoms with E-state index in [2.05, 4.69) is 65.9 Å². The lowest BCUT2D eigenvalue weighted by Gasteiger charge is -2.14. The third-order valence-corrected chi connectivity index (χ3v) is 6.92. The number of halogens is 3. The second-order valence-electron chi connectivity index (χ2n) is 7.21. The lowest BCUT2D eigenvalue weighted by atomic mass is 10.1. The summed E-state index contributed by atoms with van der Waals surface area (Å²) in [5.74, 6) is 0.929. The van der Waals surface area contributed by atoms with Gasteiger partial charge in [-0.05, 0) is 60.2 Å². The predicted octanol–water partition coefficient (Wildman–Crippen LogP) is 7.64. The number of imidazole rings is 1. The molecule has 2 heterocycles. The summed E-state index contributed by atoms with van der Waals surface area (Å²) in [6.45, 7) is 0. The van der Waals surface area contributed by atoms with Crippen LogP contribution in [0.25, 0.3) is 16.9 Å². The molecular weight excluding hydrogens is 527 g/mol. The second-order valence-corrected chi connectivity index (χ2v) is 9.78. The largest absolute Gasteiger partial charge is 0.317 e. The Morgan fingerprint density at radius 3 is 2.38 bits per heavy atom. The van der Waals surface area contributed by atoms with E-state index in [1.54, 1.807) is 6.07 Å². The summed E-state index contributed by atoms with van der Waals surface area (Å²) < 4.78 is 8.35. The molecule has 0 atom stereocenters. The molecule has 8 heteroatoms. The number of nitrogens with zero attached hydrogens (tertiary/aromatic N) is 3. The monoisotopic (exact) mass is 542 g/mol. The Morgan fingerprint density at radius 1 is 0.938 bits per heavy atom. The molecule has 160 valence electrons. The number of hydrogen-bond donors (Lipinski definition) is 1. The minimum Gasteiger partial charge on any atom is -0.317 e. The summed E-state index contributed by atoms with van der Waals surface area (Å²) >= 11 is 17.6. The number of benzene rings is 3. The number of aromatic nitrogens is 2. The zero-order valence-corrected chi connectivity index (χ0v) is 20.6. The number of anilines is 1. The van der Waals surface area contributed by atoms with Crippen molar-refractivity contribution in [3.63, 3.8) is 0 Å². The van der Waals surface area contributed by atoms with Gasteiger partial charge in [0.05, 0.1) is 28.5 Å². The van der Waals surface area contributed by atoms with Crippen LogP contribution in [0.2, 0.25) is 10.0 Å². The quantitative estimate of drug-likeness (QED) is 0.262. The van der Waals surface area contributed by atoms with Gasteiger partial charge in [0.15, 0.2) is 0 Å². The fraction of sp³-hybridized carbons (Fsp3) is 0.0417. The second kappa shape index (κ2) is 9.24. The van der Waals surface area contributed by atoms with Crippen molar-refractivity contribution in [1.29, 1.82) is 0 Å². The van der Waals surface area contributed by atoms with Crippen molar-refractivity contribution in [2.24, 2.45) is 0 Å². The zero-order valence-electron chi connectivity index (χ0n) is 16.7. The normalized spacial score (nSPS) is 12.9. The van der Waals surface area contributed by atoms with E-state index in [1.165, 1.54) is 17.7 Å². The summed E-state index contributed by atoms with van der Waals surface area (Å²) in [5, 5.41) is 1.19. The highest BCUT2D eigenvalue weighted by molar-refractivity contribution is 9.10. The zero-order chi connectivity index (χ0) is 22.1. The molecule has 1 aliphatic heterocycles. The van der Waals surface area contributed by atoms with Crippen molar-refractivity contribution in [1.82, 2.24) is 14.3 Å². The van der Waals surface area contributed by atoms with Gasteiger partial charge in [0, 0.05) is 45.8 Å². The lowest BCUT2D eigenvalue weighted by molar-refractivity contribution is 0.914. The number of rotatable bonds is 5. The highest BCUT2D eigenvalue weighted by atomic mass is 79.9. The van der Waals surface area contributed by atoms with Crippen LogP contribution in [0, 0.1) is 0 Å². The third-order valence-electron chi connectivity index (χ3n) is 5.07. The third kappa shape index (κ3) is 4.55. The molecule has 0 amide bonds. The molecule has 32 heavy (non-hydrogen) atoms. The summed E-state index contributed by atoms with van der Waals surface area (Å²) in [6.07, 6.45) is 6.63. The maximum absolute atomic E-state index is 6.48. The number of nitrogens with one attached hydrogen (secondary N) is 1. The molecule has 0 radical (unpaired) electrons. The molecule has 4 nitrogen and oxygen atoms in total. The Hall–Kier alpha value is -2.38. The first-order chi connectivity index (χ1) is 15.6. The van der Waals surface area contributed by atoms with Crippen LogP contribution in [0.5, 0.6) is 0 Å². The highest BCUT2D eigenvalue weighted by Gasteiger charge is 2.15. The first-order valence-corrected chi connectivity index (χ1v) is 12.2. The van der Waals surface area contributed by atoms with Crippen molar-refractivity contribution in [2.45, 2.75) is 6.42 Å². The molecule has 3 aromatic carbocycles. The molecule has 0 saturated heterocycles. The van der Waals surface area contributed by atoms with Crippen molar-refractivity contribution in [3.8, 4) is 16.9 Å². The van der Waals surface area contributed by atoms with Crippen LogP contribution in [0.4, 0.5) is 5.69 Å². The molecule has 0 bridgehead atoms. The Bertz CT molecular complexity index is 1290. The molecular formula is C24H17BrCl2N4S. The fourth-order valence-electron chi connectivity index (χ4n) is 3.49. The van der Waals surface area contributed by atoms with Gasteiger partial charge in [-0.25, -0.2) is 4.98 Å². The summed E-state index contributed by atoms with van der Waals surface area (Å²) in [4.78, 5) is 4.95. The van der Waals surface area contributed by atoms with E-state index in [-0.39, 0.29) is 0 Å². The molecule has 5 rings (SSSR count). The van der Waals surface area contributed by atoms with Crippen molar-refractivity contribution in [2.75, 3.05) is 4.31 Å². The highest BCUT2D eigenvalue weighted by Crippen LogP contribution is 2.32. The summed E-state index contributed by atoms with van der Waals surface area (Å²) in [7, 11) is 0. The average Bonchev–Trinajstić information content (AvgIpc) is 3.46. The minimum absolute atomic E-state index is 0.582. The van der Waals surface area contributed by atoms with E-state index in [4.69, 9.17) is 28.2 Å². The lowest BCUT2D eigenvalue weighted by Crippen LogP contribution is -2.05. The number of hydrogen-bond acceptors (Lipinski definition) is 4. The van der Waals surface area contributed by atoms with Crippen molar-refractivity contribution >= 4 is 57.0 Å². The van der Waals surface area contributed by atoms with Crippen LogP contribution >= 0.6 is 51.3 Å². The van der Waals surface area contributed by atoms with E-state index >= 15 is 0 Å². The minimum atomic E-state index is 0.582. The SMILES string of the molecule is Clc1ccc(-c2cn(-c3ccc(N4C=CNS4)cc3)c(Cc3ccc(Br)cc3)n2)c(Cl)c1. The van der Waals surface area contributed by atoms with Crippen molar-refractivity contribution in [3.05, 3.63) is 111 Å². The molecule has 0 spiro atoms. The molecule has 0 unspecified atom stereocenters. The van der Waals surface area contributed by atoms with Crippen LogP contribution in [0.1, 0.15) is 11.4 Å². The van der Waals surface area contributed by atoms with Gasteiger partial charge >= 0.3 is 0 Å². The van der Waals surface area contributed by atoms with E-state index in [1.807, 2.05) is 42.9 Å². The van der Waals surface area contributed by atoms with Crippen LogP contribution in [0.3, 0.4) is 0 Å². The molecule has 0 aliphatic carbocycles. The van der Waals surface area contributed by atoms with Gasteiger partial charge in [-0.1, -0.05) is 51.3 Å². The smallest absolute Gasteiger partial charge is 0.118 e. The van der Waals surface area contributed by atoms with Crippen LogP contribution in [-0.2, 0) is 6.42 Å². The van der Waals surface area contributed by atoms with E-state index in [9.17, 15) is 0 Å². The van der Waals surface area contributed by atoms with E-state index < -0.39 is 0 Å². The molecule has 0 saturated carbocycles. The predicted molar refractivity (Wildman–Crippen MR) is 138 cm³/mol. The van der Waals surface area contributed by atoms with Gasteiger partial charge < -0.3 is 9.29 Å². The van der Waals surface area contributed by atoms with Gasteiger partial charge in [0.1, 0.15) is 5.82 Å². The van der Waals surface area contributed by atoms with Gasteiger partial charge in [0.2, 0.25) is 0 Å².